The standard InChI is InChI=1S/C16H16N4O3S3/c1-9(2)26(22,23)16-19-25-15-18-14(21)12(13(17)20(15)16)8-10-4-6-11(24-3)7-5-10/h4-9,17H,1-3H3/b12-8-,17-13?. The van der Waals surface area contributed by atoms with Crippen molar-refractivity contribution in [2.75, 3.05) is 6.26 Å². The molecule has 0 aliphatic carbocycles. The highest BCUT2D eigenvalue weighted by Crippen LogP contribution is 2.31. The number of nitrogens with one attached hydrogen (secondary N) is 1. The number of carbonyl (C=O) groups is 1. The maximum atomic E-state index is 12.5. The second kappa shape index (κ2) is 7.01. The molecule has 1 aromatic carbocycles. The van der Waals surface area contributed by atoms with Crippen molar-refractivity contribution >= 4 is 61.7 Å². The van der Waals surface area contributed by atoms with Gasteiger partial charge in [0.05, 0.1) is 22.8 Å². The van der Waals surface area contributed by atoms with E-state index < -0.39 is 21.0 Å². The zero-order valence-electron chi connectivity index (χ0n) is 14.3. The molecule has 2 heterocycles. The molecule has 10 heteroatoms. The second-order valence-electron chi connectivity index (χ2n) is 5.77. The summed E-state index contributed by atoms with van der Waals surface area (Å²) >= 11 is 2.39. The normalized spacial score (nSPS) is 19.1. The van der Waals surface area contributed by atoms with Crippen LogP contribution in [0.1, 0.15) is 19.4 Å². The van der Waals surface area contributed by atoms with Crippen molar-refractivity contribution in [1.82, 2.24) is 4.90 Å². The predicted molar refractivity (Wildman–Crippen MR) is 107 cm³/mol. The fraction of sp³-hybridized carbons (Fsp3) is 0.250. The number of nitrogens with zero attached hydrogens (tertiary/aromatic N) is 3. The first-order valence-corrected chi connectivity index (χ1v) is 11.2. The van der Waals surface area contributed by atoms with E-state index in [1.807, 2.05) is 30.5 Å². The van der Waals surface area contributed by atoms with E-state index in [-0.39, 0.29) is 21.7 Å². The first-order chi connectivity index (χ1) is 12.3. The summed E-state index contributed by atoms with van der Waals surface area (Å²) in [5.41, 5.74) is 0.756. The number of sulfone groups is 1. The Morgan fingerprint density at radius 1 is 1.27 bits per heavy atom. The van der Waals surface area contributed by atoms with Gasteiger partial charge in [-0.05, 0) is 43.9 Å². The minimum atomic E-state index is -3.71. The second-order valence-corrected chi connectivity index (χ2v) is 9.78. The predicted octanol–water partition coefficient (Wildman–Crippen LogP) is 2.81. The van der Waals surface area contributed by atoms with Crippen LogP contribution in [0.15, 0.2) is 44.1 Å². The van der Waals surface area contributed by atoms with E-state index in [1.165, 1.54) is 6.08 Å². The van der Waals surface area contributed by atoms with E-state index in [1.54, 1.807) is 25.6 Å². The summed E-state index contributed by atoms with van der Waals surface area (Å²) in [4.78, 5) is 18.4. The monoisotopic (exact) mass is 408 g/mol. The molecule has 1 aromatic rings. The average Bonchev–Trinajstić information content (AvgIpc) is 3.03. The molecule has 0 unspecified atom stereocenters. The van der Waals surface area contributed by atoms with Gasteiger partial charge in [-0.1, -0.05) is 12.1 Å². The van der Waals surface area contributed by atoms with Crippen molar-refractivity contribution in [1.29, 1.82) is 5.41 Å². The number of thioether (sulfide) groups is 1. The lowest BCUT2D eigenvalue weighted by Gasteiger charge is -2.25. The quantitative estimate of drug-likeness (QED) is 0.469. The van der Waals surface area contributed by atoms with Crippen molar-refractivity contribution in [2.45, 2.75) is 24.0 Å². The maximum absolute atomic E-state index is 12.5. The van der Waals surface area contributed by atoms with Crippen LogP contribution in [0.4, 0.5) is 0 Å². The molecule has 2 aliphatic rings. The lowest BCUT2D eigenvalue weighted by atomic mass is 10.1. The van der Waals surface area contributed by atoms with Gasteiger partial charge < -0.3 is 0 Å². The molecule has 0 atom stereocenters. The van der Waals surface area contributed by atoms with E-state index in [0.717, 1.165) is 27.3 Å². The average molecular weight is 409 g/mol. The maximum Gasteiger partial charge on any atom is 0.283 e. The van der Waals surface area contributed by atoms with Gasteiger partial charge in [-0.2, -0.15) is 9.39 Å². The van der Waals surface area contributed by atoms with Gasteiger partial charge in [0.2, 0.25) is 20.2 Å². The number of carbonyl (C=O) groups excluding carboxylic acids is 1. The smallest absolute Gasteiger partial charge is 0.283 e. The highest BCUT2D eigenvalue weighted by Gasteiger charge is 2.43. The van der Waals surface area contributed by atoms with Crippen molar-refractivity contribution in [2.24, 2.45) is 9.39 Å². The number of aliphatic imine (C=N–C) groups is 1. The van der Waals surface area contributed by atoms with Crippen LogP contribution < -0.4 is 0 Å². The van der Waals surface area contributed by atoms with Crippen molar-refractivity contribution in [3.8, 4) is 0 Å². The van der Waals surface area contributed by atoms with Crippen molar-refractivity contribution in [3.05, 3.63) is 35.4 Å². The summed E-state index contributed by atoms with van der Waals surface area (Å²) in [6.45, 7) is 3.08. The van der Waals surface area contributed by atoms with Crippen LogP contribution in [0.3, 0.4) is 0 Å². The molecule has 0 aromatic heterocycles. The van der Waals surface area contributed by atoms with E-state index in [2.05, 4.69) is 9.39 Å². The van der Waals surface area contributed by atoms with Crippen LogP contribution in [0.25, 0.3) is 6.08 Å². The highest BCUT2D eigenvalue weighted by molar-refractivity contribution is 8.16. The van der Waals surface area contributed by atoms with Gasteiger partial charge in [0.1, 0.15) is 5.84 Å². The third kappa shape index (κ3) is 3.24. The lowest BCUT2D eigenvalue weighted by molar-refractivity contribution is -0.114. The molecular weight excluding hydrogens is 392 g/mol. The van der Waals surface area contributed by atoms with E-state index in [9.17, 15) is 13.2 Å². The summed E-state index contributed by atoms with van der Waals surface area (Å²) in [6.07, 6.45) is 3.50. The molecule has 136 valence electrons. The fourth-order valence-corrected chi connectivity index (χ4v) is 4.73. The van der Waals surface area contributed by atoms with E-state index in [4.69, 9.17) is 5.41 Å². The minimum absolute atomic E-state index is 0.0276. The Morgan fingerprint density at radius 2 is 1.92 bits per heavy atom. The highest BCUT2D eigenvalue weighted by atomic mass is 32.2. The van der Waals surface area contributed by atoms with Gasteiger partial charge in [0.25, 0.3) is 5.91 Å². The van der Waals surface area contributed by atoms with Gasteiger partial charge in [0, 0.05) is 4.90 Å². The Hall–Kier alpha value is -1.91. The summed E-state index contributed by atoms with van der Waals surface area (Å²) < 4.78 is 29.0. The summed E-state index contributed by atoms with van der Waals surface area (Å²) in [5, 5.41) is 7.52. The zero-order chi connectivity index (χ0) is 19.1. The molecule has 0 bridgehead atoms. The van der Waals surface area contributed by atoms with Crippen molar-refractivity contribution in [3.63, 3.8) is 0 Å². The topological polar surface area (TPSA) is 103 Å². The molecule has 0 radical (unpaired) electrons. The Kier molecular flexibility index (Phi) is 5.09. The van der Waals surface area contributed by atoms with Crippen molar-refractivity contribution < 1.29 is 13.2 Å². The molecule has 0 spiro atoms. The number of rotatable bonds is 3. The third-order valence-corrected chi connectivity index (χ3v) is 7.38. The van der Waals surface area contributed by atoms with Crippen LogP contribution in [0, 0.1) is 5.41 Å². The minimum Gasteiger partial charge on any atom is -0.283 e. The van der Waals surface area contributed by atoms with Gasteiger partial charge in [0.15, 0.2) is 0 Å². The summed E-state index contributed by atoms with van der Waals surface area (Å²) in [5.74, 6) is -0.817. The molecular formula is C16H16N4O3S3. The Morgan fingerprint density at radius 3 is 2.50 bits per heavy atom. The number of amidine groups is 3. The SMILES string of the molecule is CSc1ccc(/C=C2/C(=N)N3C(=NC2=O)SN=C3S(=O)(=O)C(C)C)cc1. The van der Waals surface area contributed by atoms with Gasteiger partial charge >= 0.3 is 0 Å². The first kappa shape index (κ1) is 18.9. The molecule has 0 saturated heterocycles. The zero-order valence-corrected chi connectivity index (χ0v) is 16.7. The van der Waals surface area contributed by atoms with Crippen LogP contribution in [-0.4, -0.2) is 46.9 Å². The number of amides is 1. The molecule has 26 heavy (non-hydrogen) atoms. The molecule has 0 fully saturated rings. The van der Waals surface area contributed by atoms with E-state index in [0.29, 0.717) is 0 Å². The molecule has 2 aliphatic heterocycles. The van der Waals surface area contributed by atoms with Crippen LogP contribution in [0.2, 0.25) is 0 Å². The molecule has 1 amide bonds. The van der Waals surface area contributed by atoms with Crippen LogP contribution >= 0.6 is 23.7 Å². The summed E-state index contributed by atoms with van der Waals surface area (Å²) in [6, 6.07) is 7.48. The third-order valence-electron chi connectivity index (χ3n) is 3.80. The Balaban J connectivity index is 2.01. The molecule has 3 rings (SSSR count). The van der Waals surface area contributed by atoms with Crippen LogP contribution in [-0.2, 0) is 14.6 Å². The Bertz CT molecular complexity index is 976. The van der Waals surface area contributed by atoms with E-state index >= 15 is 0 Å². The van der Waals surface area contributed by atoms with Gasteiger partial charge in [-0.3, -0.25) is 10.2 Å². The molecule has 0 saturated carbocycles. The number of fused-ring (bicyclic) bond motifs is 1. The number of hydrogen-bond donors (Lipinski definition) is 1. The first-order valence-electron chi connectivity index (χ1n) is 7.62. The van der Waals surface area contributed by atoms with Gasteiger partial charge in [-0.15, -0.1) is 11.8 Å². The van der Waals surface area contributed by atoms with Gasteiger partial charge in [-0.25, -0.2) is 13.3 Å². The fourth-order valence-electron chi connectivity index (χ4n) is 2.26. The molecule has 7 nitrogen and oxygen atoms in total. The largest absolute Gasteiger partial charge is 0.283 e. The molecule has 1 N–H and O–H groups in total. The van der Waals surface area contributed by atoms with Crippen LogP contribution in [0.5, 0.6) is 0 Å². The number of hydrogen-bond acceptors (Lipinski definition) is 7. The lowest BCUT2D eigenvalue weighted by Crippen LogP contribution is -2.46. The summed E-state index contributed by atoms with van der Waals surface area (Å²) in [7, 11) is -3.71. The number of benzene rings is 1. The Labute approximate surface area is 160 Å².